The summed E-state index contributed by atoms with van der Waals surface area (Å²) in [5, 5.41) is 11.1. The molecule has 0 bridgehead atoms. The molecule has 1 aliphatic carbocycles. The van der Waals surface area contributed by atoms with Gasteiger partial charge >= 0.3 is 12.1 Å². The minimum atomic E-state index is -4.71. The zero-order valence-corrected chi connectivity index (χ0v) is 12.7. The highest BCUT2D eigenvalue weighted by atomic mass is 19.4. The SMILES string of the molecule is CC(=O)Nc1cc(C(=O)N(CC(=O)O)C2CC2)cc(C(F)(F)F)c1. The van der Waals surface area contributed by atoms with Crippen molar-refractivity contribution in [2.24, 2.45) is 0 Å². The smallest absolute Gasteiger partial charge is 0.416 e. The summed E-state index contributed by atoms with van der Waals surface area (Å²) < 4.78 is 39.0. The van der Waals surface area contributed by atoms with Crippen molar-refractivity contribution in [1.82, 2.24) is 4.90 Å². The molecule has 1 aromatic rings. The predicted octanol–water partition coefficient (Wildman–Crippen LogP) is 2.35. The van der Waals surface area contributed by atoms with E-state index < -0.39 is 36.1 Å². The van der Waals surface area contributed by atoms with Crippen LogP contribution in [-0.2, 0) is 15.8 Å². The predicted molar refractivity (Wildman–Crippen MR) is 77.4 cm³/mol. The normalized spacial score (nSPS) is 14.2. The summed E-state index contributed by atoms with van der Waals surface area (Å²) in [6, 6.07) is 2.20. The van der Waals surface area contributed by atoms with E-state index in [0.717, 1.165) is 24.0 Å². The second kappa shape index (κ2) is 6.50. The fourth-order valence-corrected chi connectivity index (χ4v) is 2.25. The first-order chi connectivity index (χ1) is 11.1. The van der Waals surface area contributed by atoms with Gasteiger partial charge in [0.1, 0.15) is 6.54 Å². The minimum Gasteiger partial charge on any atom is -0.480 e. The number of carboxylic acid groups (broad SMARTS) is 1. The lowest BCUT2D eigenvalue weighted by atomic mass is 10.1. The fourth-order valence-electron chi connectivity index (χ4n) is 2.25. The summed E-state index contributed by atoms with van der Waals surface area (Å²) in [6.07, 6.45) is -3.49. The maximum absolute atomic E-state index is 13.0. The van der Waals surface area contributed by atoms with Gasteiger partial charge in [0.15, 0.2) is 0 Å². The number of alkyl halides is 3. The molecule has 0 unspecified atom stereocenters. The number of hydrogen-bond donors (Lipinski definition) is 2. The first-order valence-electron chi connectivity index (χ1n) is 7.10. The topological polar surface area (TPSA) is 86.7 Å². The molecular formula is C15H15F3N2O4. The quantitative estimate of drug-likeness (QED) is 0.858. The molecule has 1 saturated carbocycles. The summed E-state index contributed by atoms with van der Waals surface area (Å²) in [5.41, 5.74) is -1.59. The summed E-state index contributed by atoms with van der Waals surface area (Å²) in [7, 11) is 0. The molecule has 1 aromatic carbocycles. The van der Waals surface area contributed by atoms with E-state index in [1.807, 2.05) is 0 Å². The summed E-state index contributed by atoms with van der Waals surface area (Å²) >= 11 is 0. The number of nitrogens with zero attached hydrogens (tertiary/aromatic N) is 1. The van der Waals surface area contributed by atoms with Crippen molar-refractivity contribution in [3.63, 3.8) is 0 Å². The Kier molecular flexibility index (Phi) is 4.81. The van der Waals surface area contributed by atoms with Gasteiger partial charge in [-0.15, -0.1) is 0 Å². The molecule has 24 heavy (non-hydrogen) atoms. The van der Waals surface area contributed by atoms with Crippen molar-refractivity contribution in [2.75, 3.05) is 11.9 Å². The average Bonchev–Trinajstić information content (AvgIpc) is 3.26. The Labute approximate surface area is 135 Å². The molecule has 0 spiro atoms. The second-order valence-corrected chi connectivity index (χ2v) is 5.54. The highest BCUT2D eigenvalue weighted by molar-refractivity contribution is 5.98. The average molecular weight is 344 g/mol. The molecule has 2 N–H and O–H groups in total. The summed E-state index contributed by atoms with van der Waals surface area (Å²) in [5.74, 6) is -2.64. The third-order valence-corrected chi connectivity index (χ3v) is 3.38. The third-order valence-electron chi connectivity index (χ3n) is 3.38. The first kappa shape index (κ1) is 17.8. The maximum atomic E-state index is 13.0. The van der Waals surface area contributed by atoms with Gasteiger partial charge in [-0.1, -0.05) is 0 Å². The number of carboxylic acids is 1. The van der Waals surface area contributed by atoms with Crippen LogP contribution in [-0.4, -0.2) is 40.4 Å². The number of amides is 2. The Morgan fingerprint density at radius 3 is 2.33 bits per heavy atom. The van der Waals surface area contributed by atoms with Gasteiger partial charge in [-0.25, -0.2) is 0 Å². The fraction of sp³-hybridized carbons (Fsp3) is 0.400. The molecule has 0 saturated heterocycles. The Bertz CT molecular complexity index is 684. The lowest BCUT2D eigenvalue weighted by Gasteiger charge is -2.21. The molecule has 130 valence electrons. The number of benzene rings is 1. The monoisotopic (exact) mass is 344 g/mol. The van der Waals surface area contributed by atoms with E-state index in [1.54, 1.807) is 0 Å². The van der Waals surface area contributed by atoms with E-state index in [1.165, 1.54) is 0 Å². The highest BCUT2D eigenvalue weighted by Crippen LogP contribution is 2.34. The number of halogens is 3. The molecule has 1 fully saturated rings. The van der Waals surface area contributed by atoms with Gasteiger partial charge in [-0.2, -0.15) is 13.2 Å². The largest absolute Gasteiger partial charge is 0.480 e. The Balaban J connectivity index is 2.41. The molecule has 1 aliphatic rings. The van der Waals surface area contributed by atoms with E-state index in [-0.39, 0.29) is 17.3 Å². The van der Waals surface area contributed by atoms with Gasteiger partial charge in [0.25, 0.3) is 5.91 Å². The Morgan fingerprint density at radius 1 is 1.25 bits per heavy atom. The van der Waals surface area contributed by atoms with E-state index >= 15 is 0 Å². The van der Waals surface area contributed by atoms with Crippen molar-refractivity contribution < 1.29 is 32.7 Å². The number of nitrogens with one attached hydrogen (secondary N) is 1. The van der Waals surface area contributed by atoms with Gasteiger partial charge in [-0.3, -0.25) is 14.4 Å². The van der Waals surface area contributed by atoms with Crippen LogP contribution >= 0.6 is 0 Å². The molecule has 0 atom stereocenters. The van der Waals surface area contributed by atoms with Gasteiger partial charge < -0.3 is 15.3 Å². The molecule has 2 amide bonds. The van der Waals surface area contributed by atoms with Crippen LogP contribution in [0.1, 0.15) is 35.7 Å². The number of carbonyl (C=O) groups excluding carboxylic acids is 2. The summed E-state index contributed by atoms with van der Waals surface area (Å²) in [6.45, 7) is 0.540. The highest BCUT2D eigenvalue weighted by Gasteiger charge is 2.36. The maximum Gasteiger partial charge on any atom is 0.416 e. The van der Waals surface area contributed by atoms with Crippen molar-refractivity contribution in [3.8, 4) is 0 Å². The number of aliphatic carboxylic acids is 1. The zero-order chi connectivity index (χ0) is 18.1. The van der Waals surface area contributed by atoms with Crippen LogP contribution < -0.4 is 5.32 Å². The lowest BCUT2D eigenvalue weighted by molar-refractivity contribution is -0.138. The second-order valence-electron chi connectivity index (χ2n) is 5.54. The lowest BCUT2D eigenvalue weighted by Crippen LogP contribution is -2.37. The summed E-state index contributed by atoms with van der Waals surface area (Å²) in [4.78, 5) is 35.5. The van der Waals surface area contributed by atoms with E-state index in [9.17, 15) is 27.6 Å². The van der Waals surface area contributed by atoms with Crippen LogP contribution in [0.25, 0.3) is 0 Å². The van der Waals surface area contributed by atoms with Crippen LogP contribution in [0.3, 0.4) is 0 Å². The van der Waals surface area contributed by atoms with Crippen LogP contribution in [0, 0.1) is 0 Å². The molecule has 2 rings (SSSR count). The molecule has 0 aliphatic heterocycles. The van der Waals surface area contributed by atoms with Crippen molar-refractivity contribution in [2.45, 2.75) is 32.0 Å². The van der Waals surface area contributed by atoms with Crippen LogP contribution in [0.2, 0.25) is 0 Å². The zero-order valence-electron chi connectivity index (χ0n) is 12.7. The number of carbonyl (C=O) groups is 3. The van der Waals surface area contributed by atoms with Gasteiger partial charge in [0, 0.05) is 24.2 Å². The van der Waals surface area contributed by atoms with Crippen molar-refractivity contribution in [3.05, 3.63) is 29.3 Å². The molecule has 0 radical (unpaired) electrons. The minimum absolute atomic E-state index is 0.174. The van der Waals surface area contributed by atoms with Crippen LogP contribution in [0.5, 0.6) is 0 Å². The Morgan fingerprint density at radius 2 is 1.88 bits per heavy atom. The Hall–Kier alpha value is -2.58. The number of rotatable bonds is 5. The molecule has 9 heteroatoms. The first-order valence-corrected chi connectivity index (χ1v) is 7.10. The van der Waals surface area contributed by atoms with E-state index in [4.69, 9.17) is 5.11 Å². The van der Waals surface area contributed by atoms with Crippen molar-refractivity contribution in [1.29, 1.82) is 0 Å². The standard InChI is InChI=1S/C15H15F3N2O4/c1-8(21)19-11-5-9(4-10(6-11)15(16,17)18)14(24)20(7-13(22)23)12-2-3-12/h4-6,12H,2-3,7H2,1H3,(H,19,21)(H,22,23). The molecular weight excluding hydrogens is 329 g/mol. The molecule has 0 heterocycles. The number of hydrogen-bond acceptors (Lipinski definition) is 3. The van der Waals surface area contributed by atoms with E-state index in [0.29, 0.717) is 18.9 Å². The van der Waals surface area contributed by atoms with Gasteiger partial charge in [0.05, 0.1) is 5.56 Å². The van der Waals surface area contributed by atoms with Crippen LogP contribution in [0.15, 0.2) is 18.2 Å². The molecule has 0 aromatic heterocycles. The third kappa shape index (κ3) is 4.46. The number of anilines is 1. The van der Waals surface area contributed by atoms with Crippen molar-refractivity contribution >= 4 is 23.5 Å². The molecule has 6 nitrogen and oxygen atoms in total. The van der Waals surface area contributed by atoms with Gasteiger partial charge in [0.2, 0.25) is 5.91 Å². The van der Waals surface area contributed by atoms with Crippen LogP contribution in [0.4, 0.5) is 18.9 Å². The van der Waals surface area contributed by atoms with E-state index in [2.05, 4.69) is 5.32 Å². The van der Waals surface area contributed by atoms with Gasteiger partial charge in [-0.05, 0) is 31.0 Å².